The molecule has 1 fully saturated rings. The van der Waals surface area contributed by atoms with E-state index in [-0.39, 0.29) is 18.4 Å². The minimum atomic E-state index is -0.979. The highest BCUT2D eigenvalue weighted by Gasteiger charge is 2.45. The molecule has 0 bridgehead atoms. The Morgan fingerprint density at radius 1 is 1.16 bits per heavy atom. The second kappa shape index (κ2) is 6.93. The zero-order valence-electron chi connectivity index (χ0n) is 17.1. The summed E-state index contributed by atoms with van der Waals surface area (Å²) < 4.78 is 1.87. The molecule has 4 heterocycles. The fourth-order valence-corrected chi connectivity index (χ4v) is 4.67. The molecule has 2 aromatic rings. The number of rotatable bonds is 3. The number of carbonyl (C=O) groups is 4. The van der Waals surface area contributed by atoms with Crippen molar-refractivity contribution in [1.82, 2.24) is 20.0 Å². The van der Waals surface area contributed by atoms with Gasteiger partial charge in [-0.05, 0) is 31.4 Å². The zero-order valence-corrected chi connectivity index (χ0v) is 17.1. The number of nitrogens with zero attached hydrogens (tertiary/aromatic N) is 4. The van der Waals surface area contributed by atoms with Crippen LogP contribution in [0.2, 0.25) is 0 Å². The Morgan fingerprint density at radius 2 is 1.97 bits per heavy atom. The van der Waals surface area contributed by atoms with E-state index in [1.807, 2.05) is 17.7 Å². The lowest BCUT2D eigenvalue weighted by atomic mass is 10.0. The van der Waals surface area contributed by atoms with Crippen molar-refractivity contribution in [3.63, 3.8) is 0 Å². The van der Waals surface area contributed by atoms with E-state index in [4.69, 9.17) is 5.73 Å². The van der Waals surface area contributed by atoms with Crippen LogP contribution in [0.4, 0.5) is 11.5 Å². The molecule has 31 heavy (non-hydrogen) atoms. The lowest BCUT2D eigenvalue weighted by molar-refractivity contribution is -0.136. The van der Waals surface area contributed by atoms with Gasteiger partial charge in [-0.1, -0.05) is 12.1 Å². The van der Waals surface area contributed by atoms with Crippen LogP contribution < -0.4 is 16.0 Å². The summed E-state index contributed by atoms with van der Waals surface area (Å²) in [5, 5.41) is 6.70. The Morgan fingerprint density at radius 3 is 2.74 bits per heavy atom. The van der Waals surface area contributed by atoms with Gasteiger partial charge in [0.15, 0.2) is 5.82 Å². The number of anilines is 2. The second-order valence-corrected chi connectivity index (χ2v) is 8.11. The van der Waals surface area contributed by atoms with Gasteiger partial charge in [-0.2, -0.15) is 5.10 Å². The zero-order chi connectivity index (χ0) is 21.9. The number of amides is 4. The van der Waals surface area contributed by atoms with Crippen molar-refractivity contribution in [2.24, 2.45) is 0 Å². The van der Waals surface area contributed by atoms with Crippen LogP contribution in [0.25, 0.3) is 0 Å². The molecule has 0 radical (unpaired) electrons. The molecule has 1 atom stereocenters. The van der Waals surface area contributed by atoms with Crippen LogP contribution in [0, 0.1) is 6.92 Å². The number of aryl methyl sites for hydroxylation is 2. The minimum absolute atomic E-state index is 0.0903. The molecular formula is C21H22N6O4. The smallest absolute Gasteiger partial charge is 0.262 e. The molecule has 1 saturated heterocycles. The number of benzene rings is 1. The van der Waals surface area contributed by atoms with Crippen LogP contribution in [0.1, 0.15) is 51.2 Å². The summed E-state index contributed by atoms with van der Waals surface area (Å²) in [4.78, 5) is 53.2. The minimum Gasteiger partial charge on any atom is -0.394 e. The summed E-state index contributed by atoms with van der Waals surface area (Å²) in [6.45, 7) is 3.77. The van der Waals surface area contributed by atoms with E-state index in [1.54, 1.807) is 12.1 Å². The van der Waals surface area contributed by atoms with Gasteiger partial charge in [-0.25, -0.2) is 4.68 Å². The Balaban J connectivity index is 1.49. The van der Waals surface area contributed by atoms with Gasteiger partial charge < -0.3 is 10.6 Å². The van der Waals surface area contributed by atoms with Crippen molar-refractivity contribution in [3.8, 4) is 0 Å². The summed E-state index contributed by atoms with van der Waals surface area (Å²) in [7, 11) is 0. The second-order valence-electron chi connectivity index (χ2n) is 8.11. The fraction of sp³-hybridized carbons (Fsp3) is 0.381. The van der Waals surface area contributed by atoms with Crippen LogP contribution in [-0.4, -0.2) is 50.9 Å². The van der Waals surface area contributed by atoms with Crippen molar-refractivity contribution in [2.45, 2.75) is 45.3 Å². The van der Waals surface area contributed by atoms with Gasteiger partial charge in [-0.3, -0.25) is 29.4 Å². The van der Waals surface area contributed by atoms with Gasteiger partial charge in [0.2, 0.25) is 11.8 Å². The topological polar surface area (TPSA) is 131 Å². The van der Waals surface area contributed by atoms with E-state index in [9.17, 15) is 19.2 Å². The summed E-state index contributed by atoms with van der Waals surface area (Å²) in [5.74, 6) is -1.20. The molecule has 0 aliphatic carbocycles. The molecule has 1 aromatic carbocycles. The molecule has 4 amide bonds. The first kappa shape index (κ1) is 19.3. The molecule has 3 N–H and O–H groups in total. The predicted molar refractivity (Wildman–Crippen MR) is 110 cm³/mol. The van der Waals surface area contributed by atoms with Crippen molar-refractivity contribution >= 4 is 35.1 Å². The number of nitrogens with two attached hydrogens (primary N) is 1. The quantitative estimate of drug-likeness (QED) is 0.692. The van der Waals surface area contributed by atoms with E-state index in [1.165, 1.54) is 0 Å². The van der Waals surface area contributed by atoms with E-state index in [2.05, 4.69) is 15.3 Å². The SMILES string of the molecule is Cc1nn2c(c1N)N(Cc1cccc3c1C(=O)N(C1CCC(=O)NC1=O)C3=O)CCC2. The third-order valence-corrected chi connectivity index (χ3v) is 6.16. The van der Waals surface area contributed by atoms with Gasteiger partial charge in [-0.15, -0.1) is 0 Å². The number of imide groups is 2. The maximum absolute atomic E-state index is 13.3. The maximum atomic E-state index is 13.3. The van der Waals surface area contributed by atoms with Crippen molar-refractivity contribution in [3.05, 3.63) is 40.6 Å². The van der Waals surface area contributed by atoms with Crippen molar-refractivity contribution in [2.75, 3.05) is 17.2 Å². The summed E-state index contributed by atoms with van der Waals surface area (Å²) in [5.41, 5.74) is 8.90. The normalized spacial score (nSPS) is 20.7. The van der Waals surface area contributed by atoms with E-state index >= 15 is 0 Å². The van der Waals surface area contributed by atoms with E-state index in [0.717, 1.165) is 35.9 Å². The maximum Gasteiger partial charge on any atom is 0.262 e. The Kier molecular flexibility index (Phi) is 4.31. The molecule has 10 heteroatoms. The third kappa shape index (κ3) is 2.89. The monoisotopic (exact) mass is 422 g/mol. The molecule has 3 aliphatic heterocycles. The number of nitrogens with one attached hydrogen (secondary N) is 1. The highest BCUT2D eigenvalue weighted by atomic mass is 16.2. The summed E-state index contributed by atoms with van der Waals surface area (Å²) in [6.07, 6.45) is 1.11. The predicted octanol–water partition coefficient (Wildman–Crippen LogP) is 0.585. The average Bonchev–Trinajstić information content (AvgIpc) is 3.17. The van der Waals surface area contributed by atoms with Crippen LogP contribution in [0.15, 0.2) is 18.2 Å². The van der Waals surface area contributed by atoms with Crippen LogP contribution >= 0.6 is 0 Å². The number of piperidine rings is 1. The van der Waals surface area contributed by atoms with Gasteiger partial charge in [0.1, 0.15) is 6.04 Å². The van der Waals surface area contributed by atoms with E-state index in [0.29, 0.717) is 23.4 Å². The summed E-state index contributed by atoms with van der Waals surface area (Å²) in [6, 6.07) is 4.18. The number of carbonyl (C=O) groups excluding carboxylic acids is 4. The van der Waals surface area contributed by atoms with Crippen LogP contribution in [0.3, 0.4) is 0 Å². The molecule has 3 aliphatic rings. The Labute approximate surface area is 178 Å². The molecule has 10 nitrogen and oxygen atoms in total. The van der Waals surface area contributed by atoms with Crippen molar-refractivity contribution < 1.29 is 19.2 Å². The van der Waals surface area contributed by atoms with Gasteiger partial charge in [0.05, 0.1) is 22.5 Å². The van der Waals surface area contributed by atoms with Gasteiger partial charge >= 0.3 is 0 Å². The molecule has 1 aromatic heterocycles. The molecule has 0 saturated carbocycles. The van der Waals surface area contributed by atoms with Crippen LogP contribution in [0.5, 0.6) is 0 Å². The van der Waals surface area contributed by atoms with Crippen molar-refractivity contribution in [1.29, 1.82) is 0 Å². The largest absolute Gasteiger partial charge is 0.394 e. The van der Waals surface area contributed by atoms with Gasteiger partial charge in [0.25, 0.3) is 11.8 Å². The number of aromatic nitrogens is 2. The number of fused-ring (bicyclic) bond motifs is 2. The lowest BCUT2D eigenvalue weighted by Crippen LogP contribution is -2.54. The van der Waals surface area contributed by atoms with Crippen LogP contribution in [-0.2, 0) is 22.7 Å². The molecule has 1 unspecified atom stereocenters. The third-order valence-electron chi connectivity index (χ3n) is 6.16. The lowest BCUT2D eigenvalue weighted by Gasteiger charge is -2.30. The number of nitrogen functional groups attached to an aromatic ring is 1. The average molecular weight is 422 g/mol. The van der Waals surface area contributed by atoms with E-state index < -0.39 is 29.7 Å². The molecule has 0 spiro atoms. The number of hydrogen-bond donors (Lipinski definition) is 2. The first-order chi connectivity index (χ1) is 14.9. The molecular weight excluding hydrogens is 400 g/mol. The fourth-order valence-electron chi connectivity index (χ4n) is 4.67. The first-order valence-corrected chi connectivity index (χ1v) is 10.3. The Bertz CT molecular complexity index is 1150. The standard InChI is InChI=1S/C21H22N6O4/c1-11-17(22)19-25(8-3-9-26(19)24-11)10-12-4-2-5-13-16(12)21(31)27(20(13)30)14-6-7-15(28)23-18(14)29/h2,4-5,14H,3,6-10,22H2,1H3,(H,23,28,29). The molecule has 160 valence electrons. The highest BCUT2D eigenvalue weighted by molar-refractivity contribution is 6.24. The molecule has 5 rings (SSSR count). The first-order valence-electron chi connectivity index (χ1n) is 10.3. The van der Waals surface area contributed by atoms with Gasteiger partial charge in [0, 0.05) is 26.1 Å². The Hall–Kier alpha value is -3.69. The number of hydrogen-bond acceptors (Lipinski definition) is 7. The summed E-state index contributed by atoms with van der Waals surface area (Å²) >= 11 is 0. The highest BCUT2D eigenvalue weighted by Crippen LogP contribution is 2.34.